The molecule has 4 nitrogen and oxygen atoms in total. The van der Waals surface area contributed by atoms with Crippen molar-refractivity contribution < 1.29 is 14.7 Å². The van der Waals surface area contributed by atoms with Crippen LogP contribution in [0.15, 0.2) is 12.2 Å². The Morgan fingerprint density at radius 3 is 2.47 bits per heavy atom. The number of amides is 1. The molecule has 0 aliphatic heterocycles. The Bertz CT molecular complexity index is 299. The zero-order valence-electron chi connectivity index (χ0n) is 10.3. The normalized spacial score (nSPS) is 23.4. The number of carboxylic acid groups (broad SMARTS) is 1. The molecule has 0 bridgehead atoms. The van der Waals surface area contributed by atoms with Crippen LogP contribution in [0.3, 0.4) is 0 Å². The summed E-state index contributed by atoms with van der Waals surface area (Å²) in [4.78, 5) is 22.8. The number of carbonyl (C=O) groups excluding carboxylic acids is 2. The van der Waals surface area contributed by atoms with E-state index in [2.05, 4.69) is 12.2 Å². The lowest BCUT2D eigenvalue weighted by Crippen LogP contribution is -2.43. The van der Waals surface area contributed by atoms with Crippen molar-refractivity contribution >= 4 is 11.9 Å². The van der Waals surface area contributed by atoms with Crippen molar-refractivity contribution in [2.24, 2.45) is 11.8 Å². The lowest BCUT2D eigenvalue weighted by Gasteiger charge is -2.28. The van der Waals surface area contributed by atoms with E-state index < -0.39 is 17.8 Å². The van der Waals surface area contributed by atoms with Crippen molar-refractivity contribution in [1.82, 2.24) is 5.32 Å². The van der Waals surface area contributed by atoms with Gasteiger partial charge in [0.15, 0.2) is 0 Å². The molecule has 4 heteroatoms. The van der Waals surface area contributed by atoms with E-state index in [-0.39, 0.29) is 5.91 Å². The first kappa shape index (κ1) is 13.7. The number of unbranched alkanes of at least 4 members (excludes halogenated alkanes) is 2. The molecule has 1 N–H and O–H groups in total. The van der Waals surface area contributed by atoms with E-state index in [1.165, 1.54) is 0 Å². The predicted molar refractivity (Wildman–Crippen MR) is 62.9 cm³/mol. The number of nitrogens with one attached hydrogen (secondary N) is 1. The Balaban J connectivity index is 2.43. The minimum Gasteiger partial charge on any atom is -0.550 e. The Morgan fingerprint density at radius 2 is 1.88 bits per heavy atom. The molecular weight excluding hydrogens is 218 g/mol. The maximum absolute atomic E-state index is 11.8. The molecule has 0 unspecified atom stereocenters. The number of carboxylic acids is 1. The minimum absolute atomic E-state index is 0.153. The van der Waals surface area contributed by atoms with Crippen LogP contribution in [0.25, 0.3) is 0 Å². The fourth-order valence-corrected chi connectivity index (χ4v) is 2.08. The summed E-state index contributed by atoms with van der Waals surface area (Å²) in [6.07, 6.45) is 7.70. The highest BCUT2D eigenvalue weighted by atomic mass is 16.4. The van der Waals surface area contributed by atoms with Gasteiger partial charge in [-0.15, -0.1) is 0 Å². The van der Waals surface area contributed by atoms with Crippen molar-refractivity contribution in [1.29, 1.82) is 0 Å². The first-order valence-electron chi connectivity index (χ1n) is 6.30. The van der Waals surface area contributed by atoms with Gasteiger partial charge in [-0.25, -0.2) is 0 Å². The maximum atomic E-state index is 11.8. The van der Waals surface area contributed by atoms with Crippen LogP contribution in [0.1, 0.15) is 39.0 Å². The molecule has 0 saturated carbocycles. The topological polar surface area (TPSA) is 69.2 Å². The molecular formula is C13H20NO3-. The Hall–Kier alpha value is -1.32. The van der Waals surface area contributed by atoms with Crippen LogP contribution in [-0.4, -0.2) is 18.4 Å². The van der Waals surface area contributed by atoms with Gasteiger partial charge in [0, 0.05) is 24.3 Å². The standard InChI is InChI=1S/C13H21NO3/c1-2-3-6-9-14-12(15)10-7-4-5-8-11(10)13(16)17/h4-5,10-11H,2-3,6-9H2,1H3,(H,14,15)(H,16,17)/p-1/t10-,11-/m1/s1. The average molecular weight is 238 g/mol. The highest BCUT2D eigenvalue weighted by Gasteiger charge is 2.29. The SMILES string of the molecule is CCCCCNC(=O)[C@@H]1CC=CC[C@H]1C(=O)[O-]. The summed E-state index contributed by atoms with van der Waals surface area (Å²) < 4.78 is 0. The molecule has 17 heavy (non-hydrogen) atoms. The van der Waals surface area contributed by atoms with Gasteiger partial charge in [-0.1, -0.05) is 31.9 Å². The van der Waals surface area contributed by atoms with Crippen LogP contribution >= 0.6 is 0 Å². The van der Waals surface area contributed by atoms with Gasteiger partial charge in [0.05, 0.1) is 0 Å². The van der Waals surface area contributed by atoms with Gasteiger partial charge in [0.2, 0.25) is 5.91 Å². The van der Waals surface area contributed by atoms with Crippen molar-refractivity contribution in [3.05, 3.63) is 12.2 Å². The summed E-state index contributed by atoms with van der Waals surface area (Å²) in [5, 5.41) is 13.7. The van der Waals surface area contributed by atoms with Gasteiger partial charge in [0.1, 0.15) is 0 Å². The van der Waals surface area contributed by atoms with Crippen LogP contribution in [0.2, 0.25) is 0 Å². The number of carbonyl (C=O) groups is 2. The van der Waals surface area contributed by atoms with E-state index in [1.807, 2.05) is 6.08 Å². The van der Waals surface area contributed by atoms with Gasteiger partial charge in [-0.3, -0.25) is 4.79 Å². The molecule has 0 heterocycles. The molecule has 0 fully saturated rings. The number of aliphatic carboxylic acids is 1. The van der Waals surface area contributed by atoms with E-state index in [0.717, 1.165) is 19.3 Å². The molecule has 96 valence electrons. The summed E-state index contributed by atoms with van der Waals surface area (Å²) in [5.74, 6) is -2.42. The number of hydrogen-bond acceptors (Lipinski definition) is 3. The zero-order chi connectivity index (χ0) is 12.7. The summed E-state index contributed by atoms with van der Waals surface area (Å²) in [7, 11) is 0. The molecule has 0 aromatic rings. The molecule has 1 rings (SSSR count). The van der Waals surface area contributed by atoms with Crippen molar-refractivity contribution in [2.45, 2.75) is 39.0 Å². The summed E-state index contributed by atoms with van der Waals surface area (Å²) in [6.45, 7) is 2.73. The van der Waals surface area contributed by atoms with Gasteiger partial charge >= 0.3 is 0 Å². The third-order valence-electron chi connectivity index (χ3n) is 3.15. The van der Waals surface area contributed by atoms with Crippen molar-refractivity contribution in [3.63, 3.8) is 0 Å². The number of allylic oxidation sites excluding steroid dienone is 2. The average Bonchev–Trinajstić information content (AvgIpc) is 2.34. The Kier molecular flexibility index (Phi) is 5.73. The smallest absolute Gasteiger partial charge is 0.224 e. The lowest BCUT2D eigenvalue weighted by molar-refractivity contribution is -0.313. The van der Waals surface area contributed by atoms with E-state index in [4.69, 9.17) is 0 Å². The van der Waals surface area contributed by atoms with Gasteiger partial charge in [0.25, 0.3) is 0 Å². The third-order valence-corrected chi connectivity index (χ3v) is 3.15. The van der Waals surface area contributed by atoms with E-state index >= 15 is 0 Å². The van der Waals surface area contributed by atoms with Crippen LogP contribution in [0.4, 0.5) is 0 Å². The molecule has 1 aliphatic carbocycles. The minimum atomic E-state index is -1.12. The monoisotopic (exact) mass is 238 g/mol. The van der Waals surface area contributed by atoms with Crippen LogP contribution < -0.4 is 10.4 Å². The molecule has 0 aromatic heterocycles. The Morgan fingerprint density at radius 1 is 1.24 bits per heavy atom. The third kappa shape index (κ3) is 4.21. The largest absolute Gasteiger partial charge is 0.550 e. The van der Waals surface area contributed by atoms with Crippen molar-refractivity contribution in [3.8, 4) is 0 Å². The van der Waals surface area contributed by atoms with E-state index in [1.54, 1.807) is 6.08 Å². The van der Waals surface area contributed by atoms with Crippen LogP contribution in [0, 0.1) is 11.8 Å². The molecule has 0 spiro atoms. The second-order valence-electron chi connectivity index (χ2n) is 4.47. The summed E-state index contributed by atoms with van der Waals surface area (Å²) >= 11 is 0. The maximum Gasteiger partial charge on any atom is 0.224 e. The number of hydrogen-bond donors (Lipinski definition) is 1. The predicted octanol–water partition coefficient (Wildman–Crippen LogP) is 0.625. The number of rotatable bonds is 6. The Labute approximate surface area is 102 Å². The highest BCUT2D eigenvalue weighted by molar-refractivity contribution is 5.84. The van der Waals surface area contributed by atoms with Gasteiger partial charge in [-0.05, 0) is 19.3 Å². The van der Waals surface area contributed by atoms with Crippen molar-refractivity contribution in [2.75, 3.05) is 6.54 Å². The first-order valence-corrected chi connectivity index (χ1v) is 6.30. The summed E-state index contributed by atoms with van der Waals surface area (Å²) in [5.41, 5.74) is 0. The quantitative estimate of drug-likeness (QED) is 0.545. The molecule has 0 aromatic carbocycles. The highest BCUT2D eigenvalue weighted by Crippen LogP contribution is 2.25. The second kappa shape index (κ2) is 7.09. The fourth-order valence-electron chi connectivity index (χ4n) is 2.08. The lowest BCUT2D eigenvalue weighted by atomic mass is 9.82. The second-order valence-corrected chi connectivity index (χ2v) is 4.47. The first-order chi connectivity index (χ1) is 8.16. The van der Waals surface area contributed by atoms with E-state index in [0.29, 0.717) is 19.4 Å². The van der Waals surface area contributed by atoms with Crippen LogP contribution in [-0.2, 0) is 9.59 Å². The van der Waals surface area contributed by atoms with Crippen LogP contribution in [0.5, 0.6) is 0 Å². The molecule has 0 saturated heterocycles. The van der Waals surface area contributed by atoms with Gasteiger partial charge < -0.3 is 15.2 Å². The zero-order valence-corrected chi connectivity index (χ0v) is 10.3. The fraction of sp³-hybridized carbons (Fsp3) is 0.692. The molecule has 2 atom stereocenters. The molecule has 1 aliphatic rings. The van der Waals surface area contributed by atoms with Gasteiger partial charge in [-0.2, -0.15) is 0 Å². The molecule has 1 amide bonds. The van der Waals surface area contributed by atoms with E-state index in [9.17, 15) is 14.7 Å². The molecule has 0 radical (unpaired) electrons. The summed E-state index contributed by atoms with van der Waals surface area (Å²) in [6, 6.07) is 0.